The SMILES string of the molecule is CCN1CCC(c2ccc3nc(-c4cc(Cl)c5nc(C)cn5c4)cc(=O)n3n2)CC1.Cc1cc2cc(-c3cc(=O)n4cc(N5C[C@@H](C)N[C@@H](C)C5)ccc4n3)oc2c(C)n1.Cc1cn2cc(-c3cc(=O)n4nc(C5CCN(C)CC5)ccc4n3)cc(Cl)c2n1.Cn1cc2cc(-c3cc(=O)n4nc(C5CCN(CCO)CC5)ccc4n3)cc(Cl)c2n1. The van der Waals surface area contributed by atoms with E-state index in [9.17, 15) is 19.2 Å². The van der Waals surface area contributed by atoms with Gasteiger partial charge in [0.15, 0.2) is 39.6 Å². The predicted octanol–water partition coefficient (Wildman–Crippen LogP) is 12.5. The Morgan fingerprint density at radius 1 is 0.467 bits per heavy atom. The number of furan rings is 1. The van der Waals surface area contributed by atoms with Gasteiger partial charge in [-0.05, 0) is 218 Å². The van der Waals surface area contributed by atoms with Crippen LogP contribution in [0.5, 0.6) is 0 Å². The van der Waals surface area contributed by atoms with Crippen molar-refractivity contribution in [3.63, 3.8) is 0 Å². The van der Waals surface area contributed by atoms with E-state index >= 15 is 0 Å². The Morgan fingerprint density at radius 3 is 1.46 bits per heavy atom. The Balaban J connectivity index is 0.000000114. The van der Waals surface area contributed by atoms with Crippen LogP contribution in [-0.2, 0) is 7.05 Å². The number of benzene rings is 1. The van der Waals surface area contributed by atoms with Crippen LogP contribution in [-0.4, -0.2) is 198 Å². The number of aromatic nitrogens is 18. The number of piperazine rings is 1. The van der Waals surface area contributed by atoms with Crippen molar-refractivity contribution in [3.8, 4) is 45.2 Å². The zero-order valence-electron chi connectivity index (χ0n) is 68.2. The minimum absolute atomic E-state index is 0.125. The number of aliphatic hydroxyl groups excluding tert-OH is 1. The molecule has 4 saturated heterocycles. The van der Waals surface area contributed by atoms with Gasteiger partial charge in [0.1, 0.15) is 16.9 Å². The molecule has 4 aliphatic rings. The summed E-state index contributed by atoms with van der Waals surface area (Å²) in [5, 5.41) is 34.3. The molecule has 1 aromatic carbocycles. The topological polar surface area (TPSA) is 300 Å². The van der Waals surface area contributed by atoms with E-state index in [1.54, 1.807) is 27.3 Å². The maximum Gasteiger partial charge on any atom is 0.275 e. The highest BCUT2D eigenvalue weighted by atomic mass is 35.5. The lowest BCUT2D eigenvalue weighted by atomic mass is 9.93. The quantitative estimate of drug-likeness (QED) is 0.122. The fraction of sp³-hybridized carbons (Fsp3) is 0.352. The molecule has 29 nitrogen and oxygen atoms in total. The van der Waals surface area contributed by atoms with Crippen LogP contribution < -0.4 is 32.5 Å². The van der Waals surface area contributed by atoms with Crippen molar-refractivity contribution in [1.82, 2.24) is 107 Å². The van der Waals surface area contributed by atoms with Crippen LogP contribution in [0.15, 0.2) is 170 Å². The lowest BCUT2D eigenvalue weighted by Gasteiger charge is -2.37. The summed E-state index contributed by atoms with van der Waals surface area (Å²) in [6.07, 6.45) is 17.5. The largest absolute Gasteiger partial charge is 0.453 e. The van der Waals surface area contributed by atoms with Gasteiger partial charge in [-0.25, -0.2) is 29.9 Å². The third-order valence-electron chi connectivity index (χ3n) is 23.1. The Labute approximate surface area is 704 Å². The van der Waals surface area contributed by atoms with Gasteiger partial charge in [0.25, 0.3) is 22.2 Å². The zero-order valence-corrected chi connectivity index (χ0v) is 70.5. The van der Waals surface area contributed by atoms with Gasteiger partial charge < -0.3 is 43.2 Å². The number of hydrogen-bond acceptors (Lipinski definition) is 22. The Bertz CT molecular complexity index is 6860. The van der Waals surface area contributed by atoms with Crippen molar-refractivity contribution in [2.75, 3.05) is 84.0 Å². The molecule has 4 fully saturated rings. The first kappa shape index (κ1) is 80.9. The molecule has 19 heterocycles. The van der Waals surface area contributed by atoms with Crippen LogP contribution >= 0.6 is 34.8 Å². The molecule has 0 unspecified atom stereocenters. The molecule has 20 rings (SSSR count). The van der Waals surface area contributed by atoms with Gasteiger partial charge in [-0.3, -0.25) is 33.2 Å². The minimum atomic E-state index is -0.220. The minimum Gasteiger partial charge on any atom is -0.453 e. The van der Waals surface area contributed by atoms with Crippen molar-refractivity contribution >= 4 is 96.2 Å². The number of piperidine rings is 3. The summed E-state index contributed by atoms with van der Waals surface area (Å²) in [4.78, 5) is 92.7. The van der Waals surface area contributed by atoms with Gasteiger partial charge in [0.05, 0.1) is 78.6 Å². The first-order valence-corrected chi connectivity index (χ1v) is 41.9. The van der Waals surface area contributed by atoms with Gasteiger partial charge in [0, 0.05) is 151 Å². The van der Waals surface area contributed by atoms with Gasteiger partial charge in [-0.15, -0.1) is 0 Å². The highest BCUT2D eigenvalue weighted by molar-refractivity contribution is 6.35. The van der Waals surface area contributed by atoms with Crippen LogP contribution in [0, 0.1) is 27.7 Å². The number of nitrogens with one attached hydrogen (secondary N) is 1. The van der Waals surface area contributed by atoms with E-state index in [4.69, 9.17) is 44.3 Å². The molecular weight excluding hydrogens is 1580 g/mol. The third-order valence-corrected chi connectivity index (χ3v) is 23.9. The number of fused-ring (bicyclic) bond motifs is 8. The summed E-state index contributed by atoms with van der Waals surface area (Å²) in [5.74, 6) is 1.65. The second kappa shape index (κ2) is 33.9. The standard InChI is InChI=1S/C23H25N5O2.C22H23ClN6O2.C22H23ClN6O.C21H21ClN6O/c1-13-7-17-8-20(30-23(17)16(4)25-13)19-9-22(29)28-12-18(5-6-21(28)26-19)27-10-14(2)24-15(3)11-27;1-27-13-16-10-15(11-17(23)22(16)26-27)19-12-21(31)29-20(24-19)3-2-18(25-29)14-4-6-28(7-5-14)8-9-30;1-3-27-8-6-15(7-9-27)18-4-5-20-25-19(11-21(30)29(20)26-18)16-10-17(23)22-24-14(2)12-28(22)13-16;1-13-11-27-12-15(9-16(22)21(27)23-13)18-10-20(29)28-19(24-18)4-3-17(25-28)14-5-7-26(2)8-6-14/h5-9,12,14-15,24H,10-11H2,1-4H3;2-3,10-14,30H,4-9H2,1H3;4-5,10-13,15H,3,6-9H2,1-2H3;3-4,9-12,14H,5-8H2,1-2H3/t14-,15+;;;. The van der Waals surface area contributed by atoms with Gasteiger partial charge in [-0.2, -0.15) is 33.9 Å². The zero-order chi connectivity index (χ0) is 83.5. The molecule has 0 radical (unpaired) electrons. The van der Waals surface area contributed by atoms with E-state index in [0.717, 1.165) is 182 Å². The molecule has 0 bridgehead atoms. The van der Waals surface area contributed by atoms with Crippen molar-refractivity contribution in [3.05, 3.63) is 243 Å². The van der Waals surface area contributed by atoms with Crippen LogP contribution in [0.25, 0.3) is 101 Å². The van der Waals surface area contributed by atoms with Crippen molar-refractivity contribution in [2.45, 2.75) is 117 Å². The molecule has 120 heavy (non-hydrogen) atoms. The van der Waals surface area contributed by atoms with Crippen molar-refractivity contribution in [2.24, 2.45) is 7.05 Å². The lowest BCUT2D eigenvalue weighted by molar-refractivity contribution is 0.163. The number of pyridine rings is 4. The number of halogens is 3. The number of anilines is 1. The molecule has 2 atom stereocenters. The van der Waals surface area contributed by atoms with Gasteiger partial charge >= 0.3 is 0 Å². The molecular formula is C88H92Cl3N23O6. The molecule has 0 spiro atoms. The number of aryl methyl sites for hydroxylation is 5. The monoisotopic (exact) mass is 1670 g/mol. The molecule has 16 aromatic rings. The van der Waals surface area contributed by atoms with E-state index in [1.807, 2.05) is 147 Å². The maximum atomic E-state index is 12.9. The number of aliphatic hydroxyl groups is 1. The molecule has 32 heteroatoms. The van der Waals surface area contributed by atoms with Gasteiger partial charge in [-0.1, -0.05) is 41.7 Å². The highest BCUT2D eigenvalue weighted by Gasteiger charge is 2.28. The Morgan fingerprint density at radius 2 is 0.942 bits per heavy atom. The van der Waals surface area contributed by atoms with Crippen molar-refractivity contribution < 1.29 is 9.52 Å². The first-order valence-electron chi connectivity index (χ1n) is 40.7. The van der Waals surface area contributed by atoms with E-state index < -0.39 is 0 Å². The Kier molecular flexibility index (Phi) is 22.9. The fourth-order valence-electron chi connectivity index (χ4n) is 17.0. The summed E-state index contributed by atoms with van der Waals surface area (Å²) in [6.45, 7) is 24.1. The number of likely N-dealkylation sites (tertiary alicyclic amines) is 3. The van der Waals surface area contributed by atoms with E-state index in [2.05, 4.69) is 108 Å². The summed E-state index contributed by atoms with van der Waals surface area (Å²) >= 11 is 19.2. The van der Waals surface area contributed by atoms with E-state index in [0.29, 0.717) is 114 Å². The molecule has 2 N–H and O–H groups in total. The molecule has 0 amide bonds. The average molecular weight is 1670 g/mol. The van der Waals surface area contributed by atoms with Crippen LogP contribution in [0.2, 0.25) is 15.1 Å². The van der Waals surface area contributed by atoms with Crippen LogP contribution in [0.1, 0.15) is 117 Å². The summed E-state index contributed by atoms with van der Waals surface area (Å²) in [6, 6.07) is 33.6. The number of hydrogen-bond donors (Lipinski definition) is 2. The highest BCUT2D eigenvalue weighted by Crippen LogP contribution is 2.35. The lowest BCUT2D eigenvalue weighted by Crippen LogP contribution is -2.54. The first-order chi connectivity index (χ1) is 57.9. The van der Waals surface area contributed by atoms with Crippen LogP contribution in [0.4, 0.5) is 5.69 Å². The average Bonchev–Trinajstić information content (AvgIpc) is 1.42. The summed E-state index contributed by atoms with van der Waals surface area (Å²) in [5.41, 5.74) is 16.2. The molecule has 4 aliphatic heterocycles. The maximum absolute atomic E-state index is 12.9. The van der Waals surface area contributed by atoms with E-state index in [-0.39, 0.29) is 28.8 Å². The summed E-state index contributed by atoms with van der Waals surface area (Å²) < 4.78 is 17.2. The normalized spacial score (nSPS) is 16.9. The fourth-order valence-corrected chi connectivity index (χ4v) is 17.8. The van der Waals surface area contributed by atoms with E-state index in [1.165, 1.54) is 37.8 Å². The molecule has 616 valence electrons. The molecule has 0 saturated carbocycles. The summed E-state index contributed by atoms with van der Waals surface area (Å²) in [7, 11) is 3.98. The van der Waals surface area contributed by atoms with Crippen LogP contribution in [0.3, 0.4) is 0 Å². The predicted molar refractivity (Wildman–Crippen MR) is 468 cm³/mol. The molecule has 0 aliphatic carbocycles. The van der Waals surface area contributed by atoms with Gasteiger partial charge in [0.2, 0.25) is 0 Å². The number of rotatable bonds is 11. The molecule has 15 aromatic heterocycles. The second-order valence-electron chi connectivity index (χ2n) is 32.1. The number of imidazole rings is 2. The smallest absolute Gasteiger partial charge is 0.275 e. The number of nitrogens with zero attached hydrogens (tertiary/aromatic N) is 22. The third kappa shape index (κ3) is 17.1. The number of β-amino-alcohol motifs (C(OH)–C–C–N with tert-alkyl or cyclic N) is 1. The second-order valence-corrected chi connectivity index (χ2v) is 33.3. The van der Waals surface area contributed by atoms with Crippen molar-refractivity contribution in [1.29, 1.82) is 0 Å². The Hall–Kier alpha value is -11.5.